The second-order valence-electron chi connectivity index (χ2n) is 3.35. The molecule has 1 rings (SSSR count). The van der Waals surface area contributed by atoms with E-state index in [9.17, 15) is 10.1 Å². The lowest BCUT2D eigenvalue weighted by Crippen LogP contribution is -2.52. The van der Waals surface area contributed by atoms with Crippen LogP contribution in [0.2, 0.25) is 0 Å². The highest BCUT2D eigenvalue weighted by molar-refractivity contribution is 4.88. The average molecular weight is 201 g/mol. The van der Waals surface area contributed by atoms with Gasteiger partial charge in [0, 0.05) is 11.3 Å². The molecule has 1 aliphatic heterocycles. The van der Waals surface area contributed by atoms with Gasteiger partial charge < -0.3 is 9.47 Å². The number of ether oxygens (including phenoxy) is 2. The number of allylic oxidation sites excluding steroid dienone is 1. The Labute approximate surface area is 82.8 Å². The van der Waals surface area contributed by atoms with E-state index in [4.69, 9.17) is 9.47 Å². The van der Waals surface area contributed by atoms with Crippen molar-refractivity contribution in [3.05, 3.63) is 22.3 Å². The molecule has 0 aliphatic carbocycles. The van der Waals surface area contributed by atoms with Gasteiger partial charge in [0.1, 0.15) is 13.2 Å². The molecular formula is C9H15NO4. The third-order valence-electron chi connectivity index (χ3n) is 2.43. The number of rotatable bonds is 3. The van der Waals surface area contributed by atoms with E-state index in [-0.39, 0.29) is 18.1 Å². The monoisotopic (exact) mass is 201 g/mol. The largest absolute Gasteiger partial charge is 0.341 e. The van der Waals surface area contributed by atoms with Crippen molar-refractivity contribution in [2.75, 3.05) is 13.2 Å². The van der Waals surface area contributed by atoms with Gasteiger partial charge in [-0.15, -0.1) is 0 Å². The maximum Gasteiger partial charge on any atom is 0.267 e. The van der Waals surface area contributed by atoms with Crippen LogP contribution in [0.25, 0.3) is 0 Å². The summed E-state index contributed by atoms with van der Waals surface area (Å²) in [5.74, 6) is 0. The Hall–Kier alpha value is -0.940. The van der Waals surface area contributed by atoms with E-state index in [1.165, 1.54) is 0 Å². The summed E-state index contributed by atoms with van der Waals surface area (Å²) in [6.45, 7) is 3.85. The lowest BCUT2D eigenvalue weighted by Gasteiger charge is -2.31. The SMILES string of the molecule is C/C=C/C1OCC(CC)([N+](=O)[O-])CO1. The zero-order valence-corrected chi connectivity index (χ0v) is 8.43. The maximum atomic E-state index is 10.8. The van der Waals surface area contributed by atoms with E-state index in [0.717, 1.165) is 0 Å². The van der Waals surface area contributed by atoms with Crippen LogP contribution in [-0.2, 0) is 9.47 Å². The molecular weight excluding hydrogens is 186 g/mol. The van der Waals surface area contributed by atoms with Crippen LogP contribution in [0.15, 0.2) is 12.2 Å². The molecule has 1 heterocycles. The molecule has 0 aromatic heterocycles. The Balaban J connectivity index is 2.59. The van der Waals surface area contributed by atoms with Gasteiger partial charge >= 0.3 is 0 Å². The zero-order valence-electron chi connectivity index (χ0n) is 8.43. The first-order valence-electron chi connectivity index (χ1n) is 4.65. The fourth-order valence-corrected chi connectivity index (χ4v) is 1.27. The van der Waals surface area contributed by atoms with Gasteiger partial charge in [0.05, 0.1) is 0 Å². The minimum absolute atomic E-state index is 0.117. The van der Waals surface area contributed by atoms with Gasteiger partial charge in [0.15, 0.2) is 6.29 Å². The molecule has 5 heteroatoms. The van der Waals surface area contributed by atoms with Gasteiger partial charge in [-0.3, -0.25) is 10.1 Å². The Kier molecular flexibility index (Phi) is 3.60. The lowest BCUT2D eigenvalue weighted by molar-refractivity contribution is -0.590. The van der Waals surface area contributed by atoms with Crippen molar-refractivity contribution in [2.24, 2.45) is 0 Å². The van der Waals surface area contributed by atoms with Crippen molar-refractivity contribution in [3.63, 3.8) is 0 Å². The predicted molar refractivity (Wildman–Crippen MR) is 50.5 cm³/mol. The molecule has 0 radical (unpaired) electrons. The topological polar surface area (TPSA) is 61.6 Å². The van der Waals surface area contributed by atoms with E-state index in [0.29, 0.717) is 6.42 Å². The van der Waals surface area contributed by atoms with E-state index in [1.54, 1.807) is 19.1 Å². The lowest BCUT2D eigenvalue weighted by atomic mass is 9.99. The number of hydrogen-bond acceptors (Lipinski definition) is 4. The molecule has 1 fully saturated rings. The van der Waals surface area contributed by atoms with Crippen LogP contribution in [0, 0.1) is 10.1 Å². The predicted octanol–water partition coefficient (Wildman–Crippen LogP) is 1.36. The summed E-state index contributed by atoms with van der Waals surface area (Å²) < 4.78 is 10.5. The first-order chi connectivity index (χ1) is 6.64. The standard InChI is InChI=1S/C9H15NO4/c1-3-5-8-13-6-9(4-2,7-14-8)10(11)12/h3,5,8H,4,6-7H2,1-2H3/b5-3+. The summed E-state index contributed by atoms with van der Waals surface area (Å²) >= 11 is 0. The van der Waals surface area contributed by atoms with Crippen molar-refractivity contribution in [2.45, 2.75) is 32.1 Å². The zero-order chi connectivity index (χ0) is 10.6. The van der Waals surface area contributed by atoms with Gasteiger partial charge in [-0.1, -0.05) is 13.0 Å². The average Bonchev–Trinajstić information content (AvgIpc) is 2.19. The summed E-state index contributed by atoms with van der Waals surface area (Å²) in [7, 11) is 0. The van der Waals surface area contributed by atoms with Crippen LogP contribution in [0.5, 0.6) is 0 Å². The Morgan fingerprint density at radius 1 is 1.57 bits per heavy atom. The fourth-order valence-electron chi connectivity index (χ4n) is 1.27. The van der Waals surface area contributed by atoms with Crippen LogP contribution in [0.3, 0.4) is 0 Å². The molecule has 0 saturated carbocycles. The van der Waals surface area contributed by atoms with Gasteiger partial charge in [-0.05, 0) is 13.0 Å². The van der Waals surface area contributed by atoms with E-state index in [1.807, 2.05) is 6.92 Å². The quantitative estimate of drug-likeness (QED) is 0.393. The van der Waals surface area contributed by atoms with E-state index >= 15 is 0 Å². The summed E-state index contributed by atoms with van der Waals surface area (Å²) in [4.78, 5) is 10.5. The molecule has 14 heavy (non-hydrogen) atoms. The minimum atomic E-state index is -1.06. The fraction of sp³-hybridized carbons (Fsp3) is 0.778. The first-order valence-corrected chi connectivity index (χ1v) is 4.65. The van der Waals surface area contributed by atoms with Crippen molar-refractivity contribution in [1.29, 1.82) is 0 Å². The molecule has 1 saturated heterocycles. The summed E-state index contributed by atoms with van der Waals surface area (Å²) in [5.41, 5.74) is -1.06. The van der Waals surface area contributed by atoms with E-state index < -0.39 is 11.8 Å². The highest BCUT2D eigenvalue weighted by Crippen LogP contribution is 2.22. The molecule has 0 aromatic carbocycles. The van der Waals surface area contributed by atoms with Crippen molar-refractivity contribution < 1.29 is 14.4 Å². The van der Waals surface area contributed by atoms with Crippen molar-refractivity contribution >= 4 is 0 Å². The molecule has 0 spiro atoms. The maximum absolute atomic E-state index is 10.8. The third kappa shape index (κ3) is 2.10. The van der Waals surface area contributed by atoms with Crippen LogP contribution < -0.4 is 0 Å². The number of nitrogens with zero attached hydrogens (tertiary/aromatic N) is 1. The normalized spacial score (nSPS) is 33.4. The Bertz CT molecular complexity index is 231. The smallest absolute Gasteiger partial charge is 0.267 e. The summed E-state index contributed by atoms with van der Waals surface area (Å²) in [5, 5.41) is 10.8. The van der Waals surface area contributed by atoms with Crippen LogP contribution in [-0.4, -0.2) is 30.0 Å². The van der Waals surface area contributed by atoms with Gasteiger partial charge in [0.2, 0.25) is 0 Å². The molecule has 0 unspecified atom stereocenters. The molecule has 0 amide bonds. The van der Waals surface area contributed by atoms with Crippen LogP contribution in [0.1, 0.15) is 20.3 Å². The Morgan fingerprint density at radius 2 is 2.14 bits per heavy atom. The van der Waals surface area contributed by atoms with Gasteiger partial charge in [-0.2, -0.15) is 0 Å². The highest BCUT2D eigenvalue weighted by atomic mass is 16.7. The molecule has 5 nitrogen and oxygen atoms in total. The Morgan fingerprint density at radius 3 is 2.50 bits per heavy atom. The highest BCUT2D eigenvalue weighted by Gasteiger charge is 2.45. The molecule has 1 aliphatic rings. The first kappa shape index (κ1) is 11.1. The van der Waals surface area contributed by atoms with E-state index in [2.05, 4.69) is 0 Å². The number of nitro groups is 1. The van der Waals surface area contributed by atoms with Gasteiger partial charge in [-0.25, -0.2) is 0 Å². The van der Waals surface area contributed by atoms with Crippen molar-refractivity contribution in [1.82, 2.24) is 0 Å². The second-order valence-corrected chi connectivity index (χ2v) is 3.35. The molecule has 0 atom stereocenters. The third-order valence-corrected chi connectivity index (χ3v) is 2.43. The molecule has 0 bridgehead atoms. The molecule has 0 N–H and O–H groups in total. The number of hydrogen-bond donors (Lipinski definition) is 0. The van der Waals surface area contributed by atoms with Gasteiger partial charge in [0.25, 0.3) is 5.54 Å². The summed E-state index contributed by atoms with van der Waals surface area (Å²) in [6, 6.07) is 0. The summed E-state index contributed by atoms with van der Waals surface area (Å²) in [6.07, 6.45) is 3.53. The minimum Gasteiger partial charge on any atom is -0.341 e. The van der Waals surface area contributed by atoms with Crippen LogP contribution in [0.4, 0.5) is 0 Å². The molecule has 0 aromatic rings. The second kappa shape index (κ2) is 4.52. The van der Waals surface area contributed by atoms with Crippen LogP contribution >= 0.6 is 0 Å². The molecule has 80 valence electrons. The van der Waals surface area contributed by atoms with Crippen molar-refractivity contribution in [3.8, 4) is 0 Å².